The molecule has 1 aromatic carbocycles. The average Bonchev–Trinajstić information content (AvgIpc) is 2.86. The Labute approximate surface area is 137 Å². The molecule has 2 N–H and O–H groups in total. The minimum Gasteiger partial charge on any atom is -0.497 e. The predicted octanol–water partition coefficient (Wildman–Crippen LogP) is -0.201. The van der Waals surface area contributed by atoms with Crippen molar-refractivity contribution in [3.8, 4) is 5.75 Å². The second kappa shape index (κ2) is 7.44. The van der Waals surface area contributed by atoms with Crippen LogP contribution in [-0.4, -0.2) is 50.6 Å². The van der Waals surface area contributed by atoms with Crippen LogP contribution in [0, 0.1) is 0 Å². The van der Waals surface area contributed by atoms with Gasteiger partial charge >= 0.3 is 12.0 Å². The molecule has 24 heavy (non-hydrogen) atoms. The number of rotatable bonds is 6. The summed E-state index contributed by atoms with van der Waals surface area (Å²) in [6.07, 6.45) is -0.270. The number of urea groups is 1. The van der Waals surface area contributed by atoms with E-state index in [1.165, 1.54) is 14.2 Å². The molecule has 1 fully saturated rings. The third-order valence-electron chi connectivity index (χ3n) is 3.40. The summed E-state index contributed by atoms with van der Waals surface area (Å²) in [5.74, 6) is -1.11. The van der Waals surface area contributed by atoms with Crippen LogP contribution < -0.4 is 20.3 Å². The summed E-state index contributed by atoms with van der Waals surface area (Å²) >= 11 is 0. The van der Waals surface area contributed by atoms with Crippen molar-refractivity contribution in [2.75, 3.05) is 25.7 Å². The Morgan fingerprint density at radius 1 is 1.21 bits per heavy atom. The van der Waals surface area contributed by atoms with E-state index in [9.17, 15) is 19.2 Å². The molecule has 0 spiro atoms. The Bertz CT molecular complexity index is 658. The van der Waals surface area contributed by atoms with Gasteiger partial charge in [0.2, 0.25) is 5.91 Å². The molecule has 1 atom stereocenters. The highest BCUT2D eigenvalue weighted by molar-refractivity contribution is 6.22. The van der Waals surface area contributed by atoms with Gasteiger partial charge in [-0.05, 0) is 24.3 Å². The summed E-state index contributed by atoms with van der Waals surface area (Å²) in [5.41, 5.74) is 0.371. The maximum Gasteiger partial charge on any atom is 0.329 e. The van der Waals surface area contributed by atoms with Gasteiger partial charge in [0.25, 0.3) is 5.91 Å². The number of amides is 4. The largest absolute Gasteiger partial charge is 0.497 e. The molecule has 9 heteroatoms. The molecule has 0 radical (unpaired) electrons. The summed E-state index contributed by atoms with van der Waals surface area (Å²) in [6.45, 7) is -0.299. The molecule has 0 aromatic heterocycles. The summed E-state index contributed by atoms with van der Waals surface area (Å²) in [7, 11) is 2.70. The van der Waals surface area contributed by atoms with Crippen molar-refractivity contribution in [3.05, 3.63) is 24.3 Å². The van der Waals surface area contributed by atoms with Crippen molar-refractivity contribution in [3.63, 3.8) is 0 Å². The molecule has 1 saturated heterocycles. The lowest BCUT2D eigenvalue weighted by atomic mass is 10.2. The smallest absolute Gasteiger partial charge is 0.329 e. The number of anilines is 1. The Morgan fingerprint density at radius 3 is 2.46 bits per heavy atom. The number of methoxy groups -OCH3 is 2. The molecule has 9 nitrogen and oxygen atoms in total. The fourth-order valence-electron chi connectivity index (χ4n) is 2.15. The molecule has 0 saturated carbocycles. The van der Waals surface area contributed by atoms with Gasteiger partial charge in [0, 0.05) is 0 Å². The number of benzene rings is 1. The van der Waals surface area contributed by atoms with Gasteiger partial charge in [0.1, 0.15) is 18.3 Å². The first-order valence-corrected chi connectivity index (χ1v) is 7.08. The van der Waals surface area contributed by atoms with Crippen LogP contribution in [0.15, 0.2) is 24.3 Å². The Balaban J connectivity index is 2.00. The van der Waals surface area contributed by atoms with E-state index in [-0.39, 0.29) is 13.0 Å². The van der Waals surface area contributed by atoms with Gasteiger partial charge in [0.05, 0.1) is 26.3 Å². The topological polar surface area (TPSA) is 114 Å². The molecule has 4 amide bonds. The monoisotopic (exact) mass is 335 g/mol. The molecule has 1 aliphatic heterocycles. The molecule has 2 rings (SSSR count). The first kappa shape index (κ1) is 17.3. The maximum atomic E-state index is 12.3. The third kappa shape index (κ3) is 3.80. The van der Waals surface area contributed by atoms with Gasteiger partial charge in [-0.1, -0.05) is 0 Å². The van der Waals surface area contributed by atoms with Gasteiger partial charge in [-0.2, -0.15) is 0 Å². The average molecular weight is 335 g/mol. The summed E-state index contributed by atoms with van der Waals surface area (Å²) in [5, 5.41) is 4.76. The van der Waals surface area contributed by atoms with Gasteiger partial charge in [-0.3, -0.25) is 14.4 Å². The van der Waals surface area contributed by atoms with E-state index < -0.39 is 29.9 Å². The highest BCUT2D eigenvalue weighted by Gasteiger charge is 2.40. The number of imide groups is 1. The van der Waals surface area contributed by atoms with Crippen LogP contribution in [0.4, 0.5) is 10.5 Å². The lowest BCUT2D eigenvalue weighted by molar-refractivity contribution is -0.141. The summed E-state index contributed by atoms with van der Waals surface area (Å²) in [4.78, 5) is 48.0. The Hall–Kier alpha value is -3.10. The third-order valence-corrected chi connectivity index (χ3v) is 3.40. The van der Waals surface area contributed by atoms with E-state index in [1.54, 1.807) is 24.3 Å². The molecular formula is C15H17N3O6. The summed E-state index contributed by atoms with van der Waals surface area (Å²) in [6, 6.07) is 4.76. The van der Waals surface area contributed by atoms with E-state index in [0.29, 0.717) is 11.4 Å². The number of hydrogen-bond acceptors (Lipinski definition) is 6. The molecular weight excluding hydrogens is 318 g/mol. The van der Waals surface area contributed by atoms with Gasteiger partial charge < -0.3 is 20.1 Å². The standard InChI is InChI=1S/C15H17N3O6/c1-23-10-5-3-9(4-6-10)18-14(21)11(17-15(18)22)7-12(19)16-8-13(20)24-2/h3-6,11H,7-8H2,1-2H3,(H,16,19)(H,17,22). The van der Waals surface area contributed by atoms with Gasteiger partial charge in [-0.25, -0.2) is 9.69 Å². The molecule has 1 aromatic rings. The number of nitrogens with one attached hydrogen (secondary N) is 2. The zero-order chi connectivity index (χ0) is 17.7. The molecule has 128 valence electrons. The molecule has 0 bridgehead atoms. The van der Waals surface area contributed by atoms with Crippen LogP contribution >= 0.6 is 0 Å². The minimum atomic E-state index is -0.989. The van der Waals surface area contributed by atoms with E-state index in [0.717, 1.165) is 4.90 Å². The zero-order valence-electron chi connectivity index (χ0n) is 13.2. The number of nitrogens with zero attached hydrogens (tertiary/aromatic N) is 1. The SMILES string of the molecule is COC(=O)CNC(=O)CC1NC(=O)N(c2ccc(OC)cc2)C1=O. The van der Waals surface area contributed by atoms with Crippen LogP contribution in [-0.2, 0) is 19.1 Å². The zero-order valence-corrected chi connectivity index (χ0v) is 13.2. The second-order valence-corrected chi connectivity index (χ2v) is 4.93. The van der Waals surface area contributed by atoms with E-state index in [2.05, 4.69) is 15.4 Å². The molecule has 1 unspecified atom stereocenters. The number of ether oxygens (including phenoxy) is 2. The van der Waals surface area contributed by atoms with Crippen molar-refractivity contribution in [1.29, 1.82) is 0 Å². The van der Waals surface area contributed by atoms with E-state index in [1.807, 2.05) is 0 Å². The Kier molecular flexibility index (Phi) is 5.35. The second-order valence-electron chi connectivity index (χ2n) is 4.93. The first-order valence-electron chi connectivity index (χ1n) is 7.08. The number of hydrogen-bond donors (Lipinski definition) is 2. The van der Waals surface area contributed by atoms with E-state index >= 15 is 0 Å². The van der Waals surface area contributed by atoms with Crippen LogP contribution in [0.2, 0.25) is 0 Å². The first-order chi connectivity index (χ1) is 11.5. The van der Waals surface area contributed by atoms with Gasteiger partial charge in [-0.15, -0.1) is 0 Å². The van der Waals surface area contributed by atoms with Crippen molar-refractivity contribution >= 4 is 29.5 Å². The van der Waals surface area contributed by atoms with Crippen LogP contribution in [0.25, 0.3) is 0 Å². The quantitative estimate of drug-likeness (QED) is 0.550. The lowest BCUT2D eigenvalue weighted by Crippen LogP contribution is -2.38. The highest BCUT2D eigenvalue weighted by Crippen LogP contribution is 2.23. The Morgan fingerprint density at radius 2 is 1.88 bits per heavy atom. The fourth-order valence-corrected chi connectivity index (χ4v) is 2.15. The van der Waals surface area contributed by atoms with Crippen LogP contribution in [0.3, 0.4) is 0 Å². The molecule has 1 aliphatic rings. The molecule has 1 heterocycles. The highest BCUT2D eigenvalue weighted by atomic mass is 16.5. The maximum absolute atomic E-state index is 12.3. The van der Waals surface area contributed by atoms with Crippen molar-refractivity contribution in [2.45, 2.75) is 12.5 Å². The van der Waals surface area contributed by atoms with Crippen molar-refractivity contribution < 1.29 is 28.7 Å². The number of carbonyl (C=O) groups excluding carboxylic acids is 4. The van der Waals surface area contributed by atoms with Crippen LogP contribution in [0.5, 0.6) is 5.75 Å². The van der Waals surface area contributed by atoms with Crippen molar-refractivity contribution in [1.82, 2.24) is 10.6 Å². The summed E-state index contributed by atoms with van der Waals surface area (Å²) < 4.78 is 9.41. The van der Waals surface area contributed by atoms with Crippen LogP contribution in [0.1, 0.15) is 6.42 Å². The molecule has 0 aliphatic carbocycles. The van der Waals surface area contributed by atoms with Crippen molar-refractivity contribution in [2.24, 2.45) is 0 Å². The predicted molar refractivity (Wildman–Crippen MR) is 82.4 cm³/mol. The normalized spacial score (nSPS) is 16.6. The fraction of sp³-hybridized carbons (Fsp3) is 0.333. The minimum absolute atomic E-state index is 0.270. The van der Waals surface area contributed by atoms with Gasteiger partial charge in [0.15, 0.2) is 0 Å². The lowest BCUT2D eigenvalue weighted by Gasteiger charge is -2.13. The van der Waals surface area contributed by atoms with E-state index in [4.69, 9.17) is 4.74 Å². The number of carbonyl (C=O) groups is 4. The number of esters is 1.